The molecule has 106 valence electrons. The molecule has 4 nitrogen and oxygen atoms in total. The highest BCUT2D eigenvalue weighted by Crippen LogP contribution is 2.27. The fourth-order valence-corrected chi connectivity index (χ4v) is 3.06. The molecule has 0 radical (unpaired) electrons. The van der Waals surface area contributed by atoms with E-state index in [-0.39, 0.29) is 11.4 Å². The molecule has 1 rings (SSSR count). The van der Waals surface area contributed by atoms with Crippen LogP contribution in [0.3, 0.4) is 0 Å². The summed E-state index contributed by atoms with van der Waals surface area (Å²) in [6.07, 6.45) is 0. The highest BCUT2D eigenvalue weighted by atomic mass is 35.5. The topological polar surface area (TPSA) is 72.2 Å². The maximum absolute atomic E-state index is 12.4. The molecular formula is C13H19ClN2O2S. The molecule has 1 aromatic rings. The number of hydrogen-bond acceptors (Lipinski definition) is 3. The number of carbonyl (C=O) groups excluding carboxylic acids is 1. The summed E-state index contributed by atoms with van der Waals surface area (Å²) >= 11 is 6.00. The molecular weight excluding hydrogens is 284 g/mol. The summed E-state index contributed by atoms with van der Waals surface area (Å²) in [4.78, 5) is 12.3. The molecule has 2 atom stereocenters. The third-order valence-corrected chi connectivity index (χ3v) is 4.53. The van der Waals surface area contributed by atoms with Gasteiger partial charge in [-0.3, -0.25) is 9.00 Å². The third-order valence-electron chi connectivity index (χ3n) is 2.39. The fraction of sp³-hybridized carbons (Fsp3) is 0.462. The van der Waals surface area contributed by atoms with Gasteiger partial charge < -0.3 is 11.1 Å². The first-order valence-electron chi connectivity index (χ1n) is 5.90. The summed E-state index contributed by atoms with van der Waals surface area (Å²) in [7, 11) is -1.59. The van der Waals surface area contributed by atoms with Crippen molar-refractivity contribution in [3.05, 3.63) is 23.2 Å². The van der Waals surface area contributed by atoms with Crippen molar-refractivity contribution in [3.63, 3.8) is 0 Å². The first-order chi connectivity index (χ1) is 8.63. The van der Waals surface area contributed by atoms with Crippen molar-refractivity contribution in [1.29, 1.82) is 0 Å². The molecule has 0 aromatic heterocycles. The Morgan fingerprint density at radius 3 is 2.47 bits per heavy atom. The van der Waals surface area contributed by atoms with Gasteiger partial charge >= 0.3 is 0 Å². The first kappa shape index (κ1) is 16.0. The second-order valence-electron chi connectivity index (χ2n) is 5.34. The Balaban J connectivity index is 2.98. The predicted molar refractivity (Wildman–Crippen MR) is 79.6 cm³/mol. The number of amides is 1. The molecule has 1 amide bonds. The van der Waals surface area contributed by atoms with Gasteiger partial charge in [0.15, 0.2) is 0 Å². The van der Waals surface area contributed by atoms with Gasteiger partial charge in [-0.05, 0) is 39.8 Å². The fourth-order valence-electron chi connectivity index (χ4n) is 1.48. The Kier molecular flexibility index (Phi) is 4.98. The quantitative estimate of drug-likeness (QED) is 0.842. The molecule has 6 heteroatoms. The van der Waals surface area contributed by atoms with Crippen molar-refractivity contribution in [2.75, 3.05) is 5.73 Å². The lowest BCUT2D eigenvalue weighted by Gasteiger charge is -2.23. The zero-order valence-corrected chi connectivity index (χ0v) is 13.1. The number of benzene rings is 1. The summed E-state index contributed by atoms with van der Waals surface area (Å²) in [5, 5.41) is 2.39. The number of hydrogen-bond donors (Lipinski definition) is 2. The van der Waals surface area contributed by atoms with Crippen molar-refractivity contribution in [2.24, 2.45) is 0 Å². The maximum atomic E-state index is 12.4. The lowest BCUT2D eigenvalue weighted by Crippen LogP contribution is -2.46. The molecule has 0 aliphatic carbocycles. The van der Waals surface area contributed by atoms with E-state index in [1.165, 1.54) is 0 Å². The molecule has 3 N–H and O–H groups in total. The SMILES string of the molecule is CC(C(=O)NC(C)(C)C)S(=O)c1c(N)cccc1Cl. The number of carbonyl (C=O) groups is 1. The van der Waals surface area contributed by atoms with Crippen LogP contribution in [-0.2, 0) is 15.6 Å². The molecule has 0 heterocycles. The van der Waals surface area contributed by atoms with Crippen molar-refractivity contribution < 1.29 is 9.00 Å². The van der Waals surface area contributed by atoms with Crippen LogP contribution in [0.4, 0.5) is 5.69 Å². The number of anilines is 1. The number of nitrogen functional groups attached to an aromatic ring is 1. The Morgan fingerprint density at radius 1 is 1.42 bits per heavy atom. The highest BCUT2D eigenvalue weighted by molar-refractivity contribution is 7.86. The van der Waals surface area contributed by atoms with E-state index in [0.717, 1.165) is 0 Å². The summed E-state index contributed by atoms with van der Waals surface area (Å²) in [6.45, 7) is 7.19. The summed E-state index contributed by atoms with van der Waals surface area (Å²) in [6, 6.07) is 4.91. The van der Waals surface area contributed by atoms with Gasteiger partial charge in [0, 0.05) is 11.2 Å². The van der Waals surface area contributed by atoms with Gasteiger partial charge in [-0.15, -0.1) is 0 Å². The van der Waals surface area contributed by atoms with Crippen LogP contribution in [0.5, 0.6) is 0 Å². The summed E-state index contributed by atoms with van der Waals surface area (Å²) < 4.78 is 12.4. The average molecular weight is 303 g/mol. The molecule has 0 saturated heterocycles. The van der Waals surface area contributed by atoms with Gasteiger partial charge in [0.05, 0.1) is 20.7 Å². The number of halogens is 1. The van der Waals surface area contributed by atoms with Crippen LogP contribution in [0.2, 0.25) is 5.02 Å². The Bertz CT molecular complexity index is 492. The maximum Gasteiger partial charge on any atom is 0.236 e. The van der Waals surface area contributed by atoms with Crippen LogP contribution in [-0.4, -0.2) is 20.9 Å². The standard InChI is InChI=1S/C13H19ClN2O2S/c1-8(12(17)16-13(2,3)4)19(18)11-9(14)6-5-7-10(11)15/h5-8H,15H2,1-4H3,(H,16,17). The Morgan fingerprint density at radius 2 is 2.00 bits per heavy atom. The van der Waals surface area contributed by atoms with Crippen LogP contribution in [0.25, 0.3) is 0 Å². The lowest BCUT2D eigenvalue weighted by atomic mass is 10.1. The molecule has 19 heavy (non-hydrogen) atoms. The molecule has 0 spiro atoms. The van der Waals surface area contributed by atoms with Gasteiger partial charge in [0.25, 0.3) is 0 Å². The molecule has 0 bridgehead atoms. The van der Waals surface area contributed by atoms with E-state index in [2.05, 4.69) is 5.32 Å². The van der Waals surface area contributed by atoms with Gasteiger partial charge in [-0.25, -0.2) is 0 Å². The molecule has 0 aliphatic heterocycles. The number of nitrogens with one attached hydrogen (secondary N) is 1. The van der Waals surface area contributed by atoms with E-state index in [1.54, 1.807) is 25.1 Å². The second kappa shape index (κ2) is 5.92. The smallest absolute Gasteiger partial charge is 0.236 e. The number of nitrogens with two attached hydrogens (primary N) is 1. The minimum Gasteiger partial charge on any atom is -0.398 e. The monoisotopic (exact) mass is 302 g/mol. The van der Waals surface area contributed by atoms with E-state index in [9.17, 15) is 9.00 Å². The normalized spacial score (nSPS) is 14.8. The van der Waals surface area contributed by atoms with Gasteiger partial charge in [-0.1, -0.05) is 17.7 Å². The summed E-state index contributed by atoms with van der Waals surface area (Å²) in [5.74, 6) is -0.287. The van der Waals surface area contributed by atoms with E-state index in [4.69, 9.17) is 17.3 Å². The van der Waals surface area contributed by atoms with Crippen LogP contribution in [0.15, 0.2) is 23.1 Å². The highest BCUT2D eigenvalue weighted by Gasteiger charge is 2.27. The van der Waals surface area contributed by atoms with Crippen LogP contribution < -0.4 is 11.1 Å². The van der Waals surface area contributed by atoms with Crippen LogP contribution in [0.1, 0.15) is 27.7 Å². The predicted octanol–water partition coefficient (Wildman–Crippen LogP) is 2.33. The van der Waals surface area contributed by atoms with Gasteiger partial charge in [0.1, 0.15) is 5.25 Å². The second-order valence-corrected chi connectivity index (χ2v) is 7.45. The largest absolute Gasteiger partial charge is 0.398 e. The molecule has 0 saturated carbocycles. The first-order valence-corrected chi connectivity index (χ1v) is 7.49. The minimum atomic E-state index is -1.59. The summed E-state index contributed by atoms with van der Waals surface area (Å²) in [5.41, 5.74) is 5.74. The van der Waals surface area contributed by atoms with Gasteiger partial charge in [-0.2, -0.15) is 0 Å². The molecule has 1 aromatic carbocycles. The van der Waals surface area contributed by atoms with Crippen molar-refractivity contribution in [2.45, 2.75) is 43.4 Å². The zero-order valence-electron chi connectivity index (χ0n) is 11.5. The van der Waals surface area contributed by atoms with Crippen molar-refractivity contribution in [3.8, 4) is 0 Å². The third kappa shape index (κ3) is 4.21. The minimum absolute atomic E-state index is 0.287. The molecule has 2 unspecified atom stereocenters. The van der Waals surface area contributed by atoms with E-state index >= 15 is 0 Å². The average Bonchev–Trinajstić information content (AvgIpc) is 2.25. The lowest BCUT2D eigenvalue weighted by molar-refractivity contribution is -0.121. The van der Waals surface area contributed by atoms with Crippen molar-refractivity contribution >= 4 is 34.0 Å². The van der Waals surface area contributed by atoms with Crippen LogP contribution in [0, 0.1) is 0 Å². The van der Waals surface area contributed by atoms with E-state index in [0.29, 0.717) is 15.6 Å². The Labute approximate surface area is 121 Å². The van der Waals surface area contributed by atoms with E-state index < -0.39 is 16.0 Å². The van der Waals surface area contributed by atoms with Gasteiger partial charge in [0.2, 0.25) is 5.91 Å². The number of rotatable bonds is 3. The van der Waals surface area contributed by atoms with E-state index in [1.807, 2.05) is 20.8 Å². The van der Waals surface area contributed by atoms with Crippen molar-refractivity contribution in [1.82, 2.24) is 5.32 Å². The zero-order chi connectivity index (χ0) is 14.8. The molecule has 0 aliphatic rings. The van der Waals surface area contributed by atoms with Crippen LogP contribution >= 0.6 is 11.6 Å². The molecule has 0 fully saturated rings. The Hall–Kier alpha value is -1.07.